The number of halogens is 2. The van der Waals surface area contributed by atoms with E-state index in [9.17, 15) is 18.4 Å². The number of nitrogens with zero attached hydrogens (tertiary/aromatic N) is 3. The second-order valence-corrected chi connectivity index (χ2v) is 4.51. The number of aromatic nitrogens is 2. The Morgan fingerprint density at radius 3 is 2.63 bits per heavy atom. The van der Waals surface area contributed by atoms with E-state index in [-0.39, 0.29) is 17.8 Å². The number of hydrogen-bond donors (Lipinski definition) is 1. The molecule has 0 spiro atoms. The lowest BCUT2D eigenvalue weighted by molar-refractivity contribution is -0.117. The number of alkyl halides is 2. The van der Waals surface area contributed by atoms with Crippen molar-refractivity contribution in [3.63, 3.8) is 0 Å². The third-order valence-electron chi connectivity index (χ3n) is 3.20. The van der Waals surface area contributed by atoms with E-state index in [1.54, 1.807) is 6.92 Å². The number of aromatic carboxylic acids is 1. The molecule has 1 aliphatic heterocycles. The lowest BCUT2D eigenvalue weighted by Crippen LogP contribution is -2.46. The number of fused-ring (bicyclic) bond motifs is 1. The molecule has 0 radical (unpaired) electrons. The van der Waals surface area contributed by atoms with Gasteiger partial charge in [-0.05, 0) is 13.3 Å². The minimum absolute atomic E-state index is 0.0327. The maximum absolute atomic E-state index is 13.0. The minimum Gasteiger partial charge on any atom is -0.477 e. The first-order valence-corrected chi connectivity index (χ1v) is 5.73. The van der Waals surface area contributed by atoms with E-state index >= 15 is 0 Å². The second kappa shape index (κ2) is 4.60. The number of hydrogen-bond acceptors (Lipinski definition) is 3. The molecule has 19 heavy (non-hydrogen) atoms. The van der Waals surface area contributed by atoms with Crippen LogP contribution in [0.25, 0.3) is 0 Å². The van der Waals surface area contributed by atoms with Crippen molar-refractivity contribution in [3.05, 3.63) is 11.8 Å². The minimum atomic E-state index is -2.67. The fourth-order valence-corrected chi connectivity index (χ4v) is 2.42. The van der Waals surface area contributed by atoms with Gasteiger partial charge in [-0.1, -0.05) is 0 Å². The summed E-state index contributed by atoms with van der Waals surface area (Å²) in [7, 11) is 0. The lowest BCUT2D eigenvalue weighted by Gasteiger charge is -2.37. The van der Waals surface area contributed by atoms with E-state index in [4.69, 9.17) is 5.11 Å². The monoisotopic (exact) mass is 273 g/mol. The van der Waals surface area contributed by atoms with Crippen molar-refractivity contribution in [1.29, 1.82) is 0 Å². The Labute approximate surface area is 107 Å². The Kier molecular flexibility index (Phi) is 3.25. The summed E-state index contributed by atoms with van der Waals surface area (Å²) in [6, 6.07) is -1.72. The van der Waals surface area contributed by atoms with Gasteiger partial charge in [-0.25, -0.2) is 18.3 Å². The molecule has 2 heterocycles. The number of carbonyl (C=O) groups is 2. The first kappa shape index (κ1) is 13.4. The Hall–Kier alpha value is -1.99. The molecule has 1 amide bonds. The Balaban J connectivity index is 2.61. The highest BCUT2D eigenvalue weighted by molar-refractivity contribution is 6.00. The van der Waals surface area contributed by atoms with Crippen LogP contribution in [0.5, 0.6) is 0 Å². The largest absolute Gasteiger partial charge is 0.477 e. The van der Waals surface area contributed by atoms with Crippen LogP contribution < -0.4 is 4.90 Å². The fourth-order valence-electron chi connectivity index (χ4n) is 2.42. The van der Waals surface area contributed by atoms with E-state index in [1.807, 2.05) is 0 Å². The Bertz CT molecular complexity index is 529. The molecular formula is C11H13F2N3O3. The molecule has 8 heteroatoms. The standard InChI is InChI=1S/C11H13F2N3O3/c1-5-3-8(9(12)13)16-10(15(5)6(2)17)7(4-14-16)11(18)19/h4-5,8-9H,3H2,1-2H3,(H,18,19)/t5-,8-/m1/s1. The lowest BCUT2D eigenvalue weighted by atomic mass is 10.0. The highest BCUT2D eigenvalue weighted by Gasteiger charge is 2.40. The van der Waals surface area contributed by atoms with Crippen molar-refractivity contribution < 1.29 is 23.5 Å². The summed E-state index contributed by atoms with van der Waals surface area (Å²) in [6.07, 6.45) is -1.64. The van der Waals surface area contributed by atoms with Gasteiger partial charge in [0, 0.05) is 13.0 Å². The summed E-state index contributed by atoms with van der Waals surface area (Å²) in [5.41, 5.74) is -0.243. The summed E-state index contributed by atoms with van der Waals surface area (Å²) in [5, 5.41) is 12.8. The summed E-state index contributed by atoms with van der Waals surface area (Å²) in [6.45, 7) is 2.88. The van der Waals surface area contributed by atoms with Crippen LogP contribution in [-0.4, -0.2) is 39.2 Å². The highest BCUT2D eigenvalue weighted by atomic mass is 19.3. The zero-order valence-electron chi connectivity index (χ0n) is 10.4. The van der Waals surface area contributed by atoms with E-state index < -0.39 is 30.4 Å². The van der Waals surface area contributed by atoms with Gasteiger partial charge in [0.15, 0.2) is 0 Å². The van der Waals surface area contributed by atoms with Gasteiger partial charge in [0.25, 0.3) is 6.43 Å². The normalized spacial score (nSPS) is 22.5. The van der Waals surface area contributed by atoms with E-state index in [2.05, 4.69) is 5.10 Å². The molecule has 0 bridgehead atoms. The van der Waals surface area contributed by atoms with Crippen molar-refractivity contribution in [2.75, 3.05) is 4.90 Å². The number of amides is 1. The third kappa shape index (κ3) is 2.06. The number of rotatable bonds is 2. The molecule has 0 aromatic carbocycles. The van der Waals surface area contributed by atoms with Crippen molar-refractivity contribution in [2.45, 2.75) is 38.8 Å². The fraction of sp³-hybridized carbons (Fsp3) is 0.545. The molecule has 0 saturated carbocycles. The smallest absolute Gasteiger partial charge is 0.341 e. The third-order valence-corrected chi connectivity index (χ3v) is 3.20. The molecule has 1 N–H and O–H groups in total. The summed E-state index contributed by atoms with van der Waals surface area (Å²) in [4.78, 5) is 23.9. The van der Waals surface area contributed by atoms with Crippen LogP contribution in [-0.2, 0) is 4.79 Å². The van der Waals surface area contributed by atoms with E-state index in [1.165, 1.54) is 11.8 Å². The second-order valence-electron chi connectivity index (χ2n) is 4.51. The van der Waals surface area contributed by atoms with Gasteiger partial charge in [0.05, 0.1) is 6.20 Å². The molecule has 2 rings (SSSR count). The molecule has 1 aromatic rings. The van der Waals surface area contributed by atoms with Crippen LogP contribution in [0.4, 0.5) is 14.6 Å². The molecule has 0 unspecified atom stereocenters. The number of anilines is 1. The predicted molar refractivity (Wildman–Crippen MR) is 61.5 cm³/mol. The SMILES string of the molecule is CC(=O)N1c2c(C(=O)O)cnn2[C@@H](C(F)F)C[C@H]1C. The first-order chi connectivity index (χ1) is 8.84. The summed E-state index contributed by atoms with van der Waals surface area (Å²) in [5.74, 6) is -1.76. The van der Waals surface area contributed by atoms with Gasteiger partial charge in [-0.2, -0.15) is 5.10 Å². The van der Waals surface area contributed by atoms with Gasteiger partial charge in [0.1, 0.15) is 17.4 Å². The van der Waals surface area contributed by atoms with Gasteiger partial charge in [-0.3, -0.25) is 9.69 Å². The highest BCUT2D eigenvalue weighted by Crippen LogP contribution is 2.37. The van der Waals surface area contributed by atoms with Gasteiger partial charge in [0.2, 0.25) is 5.91 Å². The van der Waals surface area contributed by atoms with Crippen molar-refractivity contribution >= 4 is 17.7 Å². The zero-order valence-corrected chi connectivity index (χ0v) is 10.4. The van der Waals surface area contributed by atoms with Crippen molar-refractivity contribution in [3.8, 4) is 0 Å². The van der Waals surface area contributed by atoms with Crippen molar-refractivity contribution in [2.24, 2.45) is 0 Å². The quantitative estimate of drug-likeness (QED) is 0.886. The summed E-state index contributed by atoms with van der Waals surface area (Å²) >= 11 is 0. The number of carboxylic acids is 1. The molecule has 0 fully saturated rings. The maximum Gasteiger partial charge on any atom is 0.341 e. The van der Waals surface area contributed by atoms with Gasteiger partial charge < -0.3 is 5.11 Å². The molecule has 6 nitrogen and oxygen atoms in total. The number of carboxylic acid groups (broad SMARTS) is 1. The average molecular weight is 273 g/mol. The van der Waals surface area contributed by atoms with Crippen LogP contribution in [0.2, 0.25) is 0 Å². The molecular weight excluding hydrogens is 260 g/mol. The first-order valence-electron chi connectivity index (χ1n) is 5.73. The van der Waals surface area contributed by atoms with Gasteiger partial charge >= 0.3 is 5.97 Å². The summed E-state index contributed by atoms with van der Waals surface area (Å²) < 4.78 is 26.9. The van der Waals surface area contributed by atoms with Crippen LogP contribution >= 0.6 is 0 Å². The van der Waals surface area contributed by atoms with Crippen LogP contribution in [0.3, 0.4) is 0 Å². The molecule has 104 valence electrons. The van der Waals surface area contributed by atoms with Crippen LogP contribution in [0.15, 0.2) is 6.20 Å². The molecule has 0 saturated heterocycles. The average Bonchev–Trinajstić information content (AvgIpc) is 2.70. The van der Waals surface area contributed by atoms with Gasteiger partial charge in [-0.15, -0.1) is 0 Å². The van der Waals surface area contributed by atoms with Crippen molar-refractivity contribution in [1.82, 2.24) is 9.78 Å². The van der Waals surface area contributed by atoms with E-state index in [0.29, 0.717) is 0 Å². The zero-order chi connectivity index (χ0) is 14.3. The predicted octanol–water partition coefficient (Wildman–Crippen LogP) is 1.53. The molecule has 0 aliphatic carbocycles. The topological polar surface area (TPSA) is 75.4 Å². The number of carbonyl (C=O) groups excluding carboxylic acids is 1. The van der Waals surface area contributed by atoms with E-state index in [0.717, 1.165) is 10.9 Å². The van der Waals surface area contributed by atoms with Crippen LogP contribution in [0, 0.1) is 0 Å². The molecule has 2 atom stereocenters. The maximum atomic E-state index is 13.0. The Morgan fingerprint density at radius 1 is 1.53 bits per heavy atom. The van der Waals surface area contributed by atoms with Crippen LogP contribution in [0.1, 0.15) is 36.7 Å². The Morgan fingerprint density at radius 2 is 2.16 bits per heavy atom. The molecule has 1 aromatic heterocycles. The molecule has 1 aliphatic rings.